The van der Waals surface area contributed by atoms with Gasteiger partial charge in [0.2, 0.25) is 0 Å². The average molecular weight is 382 g/mol. The topological polar surface area (TPSA) is 54.0 Å². The van der Waals surface area contributed by atoms with Crippen molar-refractivity contribution in [2.75, 3.05) is 5.32 Å². The Morgan fingerprint density at radius 3 is 2.04 bits per heavy atom. The van der Waals surface area contributed by atoms with Gasteiger partial charge in [-0.1, -0.05) is 76.6 Å². The van der Waals surface area contributed by atoms with E-state index in [1.807, 2.05) is 60.7 Å². The SMILES string of the molecule is O=C(Nc1cc(Br)ccn1)NC(c1ccccc1)c1ccccc1. The van der Waals surface area contributed by atoms with Gasteiger partial charge in [-0.3, -0.25) is 5.32 Å². The first kappa shape index (κ1) is 16.2. The summed E-state index contributed by atoms with van der Waals surface area (Å²) in [7, 11) is 0. The molecule has 0 aliphatic carbocycles. The zero-order valence-corrected chi connectivity index (χ0v) is 14.4. The fourth-order valence-electron chi connectivity index (χ4n) is 2.41. The maximum Gasteiger partial charge on any atom is 0.321 e. The minimum Gasteiger partial charge on any atom is -0.327 e. The molecule has 1 aromatic heterocycles. The van der Waals surface area contributed by atoms with Crippen LogP contribution in [0.5, 0.6) is 0 Å². The van der Waals surface area contributed by atoms with Gasteiger partial charge in [0, 0.05) is 10.7 Å². The Bertz CT molecular complexity index is 770. The third-order valence-electron chi connectivity index (χ3n) is 3.50. The van der Waals surface area contributed by atoms with E-state index in [0.29, 0.717) is 5.82 Å². The van der Waals surface area contributed by atoms with E-state index in [0.717, 1.165) is 15.6 Å². The number of halogens is 1. The smallest absolute Gasteiger partial charge is 0.321 e. The van der Waals surface area contributed by atoms with E-state index in [1.165, 1.54) is 0 Å². The molecule has 120 valence electrons. The largest absolute Gasteiger partial charge is 0.327 e. The van der Waals surface area contributed by atoms with E-state index in [9.17, 15) is 4.79 Å². The molecule has 0 saturated heterocycles. The quantitative estimate of drug-likeness (QED) is 0.684. The fourth-order valence-corrected chi connectivity index (χ4v) is 2.74. The molecule has 0 atom stereocenters. The van der Waals surface area contributed by atoms with Gasteiger partial charge < -0.3 is 5.32 Å². The molecule has 1 heterocycles. The molecule has 24 heavy (non-hydrogen) atoms. The molecular formula is C19H16BrN3O. The Kier molecular flexibility index (Phi) is 5.23. The molecule has 0 spiro atoms. The van der Waals surface area contributed by atoms with Crippen LogP contribution in [0.3, 0.4) is 0 Å². The summed E-state index contributed by atoms with van der Waals surface area (Å²) in [4.78, 5) is 16.5. The van der Waals surface area contributed by atoms with Crippen molar-refractivity contribution >= 4 is 27.8 Å². The molecule has 2 N–H and O–H groups in total. The Balaban J connectivity index is 1.80. The monoisotopic (exact) mass is 381 g/mol. The lowest BCUT2D eigenvalue weighted by molar-refractivity contribution is 0.250. The second-order valence-corrected chi connectivity index (χ2v) is 6.13. The highest BCUT2D eigenvalue weighted by atomic mass is 79.9. The first-order chi connectivity index (χ1) is 11.7. The van der Waals surface area contributed by atoms with Crippen LogP contribution >= 0.6 is 15.9 Å². The minimum atomic E-state index is -0.307. The molecule has 4 nitrogen and oxygen atoms in total. The molecule has 5 heteroatoms. The first-order valence-electron chi connectivity index (χ1n) is 7.51. The summed E-state index contributed by atoms with van der Waals surface area (Å²) in [6.07, 6.45) is 1.63. The molecule has 2 amide bonds. The van der Waals surface area contributed by atoms with E-state index in [2.05, 4.69) is 31.5 Å². The number of hydrogen-bond donors (Lipinski definition) is 2. The molecule has 2 aromatic carbocycles. The lowest BCUT2D eigenvalue weighted by Crippen LogP contribution is -2.33. The van der Waals surface area contributed by atoms with Crippen molar-refractivity contribution in [3.05, 3.63) is 94.6 Å². The maximum absolute atomic E-state index is 12.4. The predicted octanol–water partition coefficient (Wildman–Crippen LogP) is 4.76. The van der Waals surface area contributed by atoms with Crippen LogP contribution in [0.2, 0.25) is 0 Å². The Hall–Kier alpha value is -2.66. The maximum atomic E-state index is 12.4. The fraction of sp³-hybridized carbons (Fsp3) is 0.0526. The van der Waals surface area contributed by atoms with E-state index in [4.69, 9.17) is 0 Å². The number of nitrogens with one attached hydrogen (secondary N) is 2. The molecule has 3 aromatic rings. The van der Waals surface area contributed by atoms with Crippen molar-refractivity contribution in [2.24, 2.45) is 0 Å². The Labute approximate surface area is 149 Å². The van der Waals surface area contributed by atoms with Crippen molar-refractivity contribution in [3.63, 3.8) is 0 Å². The van der Waals surface area contributed by atoms with E-state index >= 15 is 0 Å². The molecule has 3 rings (SSSR count). The number of nitrogens with zero attached hydrogens (tertiary/aromatic N) is 1. The van der Waals surface area contributed by atoms with Crippen molar-refractivity contribution in [1.82, 2.24) is 10.3 Å². The van der Waals surface area contributed by atoms with Crippen molar-refractivity contribution in [1.29, 1.82) is 0 Å². The lowest BCUT2D eigenvalue weighted by atomic mass is 9.99. The van der Waals surface area contributed by atoms with Crippen LogP contribution in [0.1, 0.15) is 17.2 Å². The number of benzene rings is 2. The summed E-state index contributed by atoms with van der Waals surface area (Å²) in [6, 6.07) is 22.7. The normalized spacial score (nSPS) is 10.4. The highest BCUT2D eigenvalue weighted by Crippen LogP contribution is 2.22. The van der Waals surface area contributed by atoms with Gasteiger partial charge in [0.1, 0.15) is 5.82 Å². The second kappa shape index (κ2) is 7.75. The summed E-state index contributed by atoms with van der Waals surface area (Å²) >= 11 is 3.36. The zero-order chi connectivity index (χ0) is 16.8. The number of pyridine rings is 1. The molecule has 0 unspecified atom stereocenters. The standard InChI is InChI=1S/C19H16BrN3O/c20-16-11-12-21-17(13-16)22-19(24)23-18(14-7-3-1-4-8-14)15-9-5-2-6-10-15/h1-13,18H,(H2,21,22,23,24). The highest BCUT2D eigenvalue weighted by Gasteiger charge is 2.16. The number of anilines is 1. The van der Waals surface area contributed by atoms with E-state index < -0.39 is 0 Å². The van der Waals surface area contributed by atoms with Crippen LogP contribution in [0.15, 0.2) is 83.5 Å². The molecule has 0 bridgehead atoms. The summed E-state index contributed by atoms with van der Waals surface area (Å²) in [5.74, 6) is 0.488. The molecule has 0 aliphatic heterocycles. The number of amides is 2. The van der Waals surface area contributed by atoms with Gasteiger partial charge >= 0.3 is 6.03 Å². The van der Waals surface area contributed by atoms with Crippen LogP contribution < -0.4 is 10.6 Å². The third kappa shape index (κ3) is 4.20. The van der Waals surface area contributed by atoms with Gasteiger partial charge in [0.15, 0.2) is 0 Å². The van der Waals surface area contributed by atoms with Crippen LogP contribution in [-0.2, 0) is 0 Å². The van der Waals surface area contributed by atoms with Crippen LogP contribution in [0.4, 0.5) is 10.6 Å². The number of urea groups is 1. The molecule has 0 aliphatic rings. The van der Waals surface area contributed by atoms with Crippen LogP contribution in [-0.4, -0.2) is 11.0 Å². The Morgan fingerprint density at radius 1 is 0.917 bits per heavy atom. The number of carbonyl (C=O) groups is 1. The molecule has 0 saturated carbocycles. The minimum absolute atomic E-state index is 0.237. The molecule has 0 radical (unpaired) electrons. The molecule has 0 fully saturated rings. The Morgan fingerprint density at radius 2 is 1.50 bits per heavy atom. The van der Waals surface area contributed by atoms with Gasteiger partial charge in [-0.25, -0.2) is 9.78 Å². The summed E-state index contributed by atoms with van der Waals surface area (Å²) < 4.78 is 0.857. The van der Waals surface area contributed by atoms with Crippen LogP contribution in [0.25, 0.3) is 0 Å². The van der Waals surface area contributed by atoms with Gasteiger partial charge in [-0.05, 0) is 23.3 Å². The van der Waals surface area contributed by atoms with Gasteiger partial charge in [-0.15, -0.1) is 0 Å². The average Bonchev–Trinajstić information content (AvgIpc) is 2.61. The summed E-state index contributed by atoms with van der Waals surface area (Å²) in [6.45, 7) is 0. The zero-order valence-electron chi connectivity index (χ0n) is 12.8. The van der Waals surface area contributed by atoms with Gasteiger partial charge in [0.05, 0.1) is 6.04 Å². The van der Waals surface area contributed by atoms with E-state index in [-0.39, 0.29) is 12.1 Å². The third-order valence-corrected chi connectivity index (χ3v) is 4.00. The molecular weight excluding hydrogens is 366 g/mol. The second-order valence-electron chi connectivity index (χ2n) is 5.21. The van der Waals surface area contributed by atoms with Crippen molar-refractivity contribution in [3.8, 4) is 0 Å². The van der Waals surface area contributed by atoms with Crippen LogP contribution in [0, 0.1) is 0 Å². The number of aromatic nitrogens is 1. The number of carbonyl (C=O) groups excluding carboxylic acids is 1. The lowest BCUT2D eigenvalue weighted by Gasteiger charge is -2.20. The van der Waals surface area contributed by atoms with E-state index in [1.54, 1.807) is 18.3 Å². The van der Waals surface area contributed by atoms with Crippen molar-refractivity contribution < 1.29 is 4.79 Å². The van der Waals surface area contributed by atoms with Gasteiger partial charge in [-0.2, -0.15) is 0 Å². The highest BCUT2D eigenvalue weighted by molar-refractivity contribution is 9.10. The first-order valence-corrected chi connectivity index (χ1v) is 8.30. The van der Waals surface area contributed by atoms with Crippen molar-refractivity contribution in [2.45, 2.75) is 6.04 Å². The predicted molar refractivity (Wildman–Crippen MR) is 98.8 cm³/mol. The number of hydrogen-bond acceptors (Lipinski definition) is 2. The number of rotatable bonds is 4. The summed E-state index contributed by atoms with van der Waals surface area (Å²) in [5.41, 5.74) is 2.03. The summed E-state index contributed by atoms with van der Waals surface area (Å²) in [5, 5.41) is 5.77. The van der Waals surface area contributed by atoms with Gasteiger partial charge in [0.25, 0.3) is 0 Å².